The van der Waals surface area contributed by atoms with Crippen molar-refractivity contribution in [3.63, 3.8) is 0 Å². The van der Waals surface area contributed by atoms with Crippen molar-refractivity contribution in [2.75, 3.05) is 32.8 Å². The smallest absolute Gasteiger partial charge is 0.259 e. The molecule has 17 heteroatoms. The lowest BCUT2D eigenvalue weighted by atomic mass is 9.80. The van der Waals surface area contributed by atoms with Gasteiger partial charge in [0.1, 0.15) is 41.7 Å². The second-order valence-electron chi connectivity index (χ2n) is 19.2. The molecule has 15 nitrogen and oxygen atoms in total. The topological polar surface area (TPSA) is 164 Å². The lowest BCUT2D eigenvalue weighted by Crippen LogP contribution is -2.51. The van der Waals surface area contributed by atoms with Gasteiger partial charge in [-0.3, -0.25) is 9.36 Å². The van der Waals surface area contributed by atoms with Gasteiger partial charge in [-0.2, -0.15) is 5.26 Å². The number of carbonyl (C=O) groups excluding carboxylic acids is 1. The van der Waals surface area contributed by atoms with Crippen molar-refractivity contribution in [1.82, 2.24) is 24.2 Å². The Kier molecular flexibility index (Phi) is 16.9. The molecule has 0 spiro atoms. The first-order valence-corrected chi connectivity index (χ1v) is 27.7. The molecule has 0 aliphatic carbocycles. The number of nitrogens with zero attached hydrogens (tertiary/aromatic N) is 6. The third-order valence-corrected chi connectivity index (χ3v) is 19.5. The minimum absolute atomic E-state index is 0.00550. The van der Waals surface area contributed by atoms with Gasteiger partial charge in [0.15, 0.2) is 31.5 Å². The third-order valence-electron chi connectivity index (χ3n) is 12.9. The molecule has 4 aromatic carbocycles. The maximum absolute atomic E-state index is 13.5. The molecule has 1 aliphatic rings. The van der Waals surface area contributed by atoms with Crippen LogP contribution in [-0.4, -0.2) is 96.2 Å². The van der Waals surface area contributed by atoms with Gasteiger partial charge < -0.3 is 37.7 Å². The molecule has 6 aromatic rings. The highest BCUT2D eigenvalue weighted by Gasteiger charge is 2.54. The van der Waals surface area contributed by atoms with E-state index in [0.29, 0.717) is 28.2 Å². The van der Waals surface area contributed by atoms with Gasteiger partial charge in [-0.15, -0.1) is 0 Å². The minimum Gasteiger partial charge on any atom is -0.497 e. The van der Waals surface area contributed by atoms with Crippen LogP contribution >= 0.6 is 8.53 Å². The SMILES string of the molecule is COc1ccc(C(OC[C@H]2O[C@@H](n3cnc4c(NC(=O)c5ccccc5)ncnc43)[C@@H](OP(OCCC#N)N(C(C)C)C(C)C)[C@H]2O[Si](C)(C)C(C)(C)C)(c2ccccc2)c2ccc(OC)cc2)cc1. The Morgan fingerprint density at radius 2 is 1.40 bits per heavy atom. The molecule has 1 saturated heterocycles. The Bertz CT molecular complexity index is 2620. The number of methoxy groups -OCH3 is 2. The maximum Gasteiger partial charge on any atom is 0.259 e. The molecule has 370 valence electrons. The molecule has 5 atom stereocenters. The number of imidazole rings is 1. The number of hydrogen-bond acceptors (Lipinski definition) is 13. The van der Waals surface area contributed by atoms with E-state index < -0.39 is 47.0 Å². The predicted octanol–water partition coefficient (Wildman–Crippen LogP) is 11.1. The summed E-state index contributed by atoms with van der Waals surface area (Å²) in [5, 5.41) is 12.4. The van der Waals surface area contributed by atoms with E-state index in [4.69, 9.17) is 42.4 Å². The number of ether oxygens (including phenoxy) is 4. The van der Waals surface area contributed by atoms with Gasteiger partial charge in [0.25, 0.3) is 14.4 Å². The molecular formula is C53H66N7O8PSi. The maximum atomic E-state index is 13.5. The van der Waals surface area contributed by atoms with Crippen molar-refractivity contribution in [3.8, 4) is 17.6 Å². The van der Waals surface area contributed by atoms with E-state index in [1.165, 1.54) is 6.33 Å². The zero-order chi connectivity index (χ0) is 50.2. The Hall–Kier alpha value is -5.60. The largest absolute Gasteiger partial charge is 0.497 e. The summed E-state index contributed by atoms with van der Waals surface area (Å²) in [5.74, 6) is 1.30. The summed E-state index contributed by atoms with van der Waals surface area (Å²) in [4.78, 5) is 27.5. The molecule has 70 heavy (non-hydrogen) atoms. The molecule has 1 unspecified atom stereocenters. The Labute approximate surface area is 414 Å². The average Bonchev–Trinajstić information content (AvgIpc) is 3.93. The van der Waals surface area contributed by atoms with Crippen molar-refractivity contribution < 1.29 is 37.2 Å². The monoisotopic (exact) mass is 987 g/mol. The van der Waals surface area contributed by atoms with Gasteiger partial charge in [-0.05, 0) is 98.9 Å². The molecule has 3 heterocycles. The first-order chi connectivity index (χ1) is 33.5. The van der Waals surface area contributed by atoms with Crippen LogP contribution in [-0.2, 0) is 28.5 Å². The van der Waals surface area contributed by atoms with Gasteiger partial charge >= 0.3 is 0 Å². The van der Waals surface area contributed by atoms with Crippen LogP contribution in [0.15, 0.2) is 122 Å². The second kappa shape index (κ2) is 22.6. The summed E-state index contributed by atoms with van der Waals surface area (Å²) in [7, 11) is -1.19. The van der Waals surface area contributed by atoms with Gasteiger partial charge in [-0.25, -0.2) is 19.6 Å². The van der Waals surface area contributed by atoms with E-state index in [1.807, 2.05) is 77.4 Å². The number of aromatic nitrogens is 4. The molecule has 7 rings (SSSR count). The quantitative estimate of drug-likeness (QED) is 0.0314. The fourth-order valence-corrected chi connectivity index (χ4v) is 11.5. The van der Waals surface area contributed by atoms with Crippen molar-refractivity contribution in [2.24, 2.45) is 0 Å². The summed E-state index contributed by atoms with van der Waals surface area (Å²) in [5.41, 5.74) is 2.64. The molecule has 0 radical (unpaired) electrons. The lowest BCUT2D eigenvalue weighted by Gasteiger charge is -2.43. The van der Waals surface area contributed by atoms with E-state index >= 15 is 0 Å². The number of benzene rings is 4. The summed E-state index contributed by atoms with van der Waals surface area (Å²) in [6.45, 7) is 19.6. The van der Waals surface area contributed by atoms with Crippen LogP contribution in [0, 0.1) is 11.3 Å². The lowest BCUT2D eigenvalue weighted by molar-refractivity contribution is -0.0928. The van der Waals surface area contributed by atoms with Crippen molar-refractivity contribution in [2.45, 2.75) is 115 Å². The van der Waals surface area contributed by atoms with Crippen LogP contribution in [0.25, 0.3) is 11.2 Å². The average molecular weight is 988 g/mol. The number of fused-ring (bicyclic) bond motifs is 1. The number of rotatable bonds is 21. The molecule has 0 saturated carbocycles. The molecule has 1 fully saturated rings. The third kappa shape index (κ3) is 11.3. The first-order valence-electron chi connectivity index (χ1n) is 23.6. The molecule has 1 N–H and O–H groups in total. The summed E-state index contributed by atoms with van der Waals surface area (Å²) in [6.07, 6.45) is -0.0636. The van der Waals surface area contributed by atoms with Gasteiger partial charge in [0, 0.05) is 17.6 Å². The summed E-state index contributed by atoms with van der Waals surface area (Å²) in [6, 6.07) is 37.1. The fourth-order valence-electron chi connectivity index (χ4n) is 8.42. The Morgan fingerprint density at radius 3 is 1.94 bits per heavy atom. The van der Waals surface area contributed by atoms with Crippen molar-refractivity contribution >= 4 is 39.7 Å². The van der Waals surface area contributed by atoms with Gasteiger partial charge in [0.05, 0.1) is 46.3 Å². The summed E-state index contributed by atoms with van der Waals surface area (Å²) >= 11 is 0. The number of carbonyl (C=O) groups is 1. The van der Waals surface area contributed by atoms with E-state index in [2.05, 4.69) is 94.7 Å². The molecule has 1 aliphatic heterocycles. The second-order valence-corrected chi connectivity index (χ2v) is 25.4. The standard InChI is InChI=1S/C53H66N7O8PSi/c1-36(2)60(37(3)4)69(65-32-18-31-54)67-47-46(68-70(10,11)52(5,6)7)44(66-51(47)59-35-57-45-48(55-34-56-49(45)59)58-50(61)38-19-14-12-15-20-38)33-64-53(39-21-16-13-17-22-39,40-23-27-42(62-8)28-24-40)41-25-29-43(63-9)30-26-41/h12-17,19-30,34-37,44,46-47,51H,18,32-33H2,1-11H3,(H,55,56,58,61)/t44-,46+,47+,51-,69?/m1/s1. The number of nitrogens with one attached hydrogen (secondary N) is 1. The minimum atomic E-state index is -2.65. The zero-order valence-corrected chi connectivity index (χ0v) is 43.9. The Morgan fingerprint density at radius 1 is 0.829 bits per heavy atom. The fraction of sp³-hybridized carbons (Fsp3) is 0.415. The highest BCUT2D eigenvalue weighted by Crippen LogP contribution is 2.53. The van der Waals surface area contributed by atoms with Crippen LogP contribution < -0.4 is 14.8 Å². The van der Waals surface area contributed by atoms with Gasteiger partial charge in [0.2, 0.25) is 0 Å². The molecule has 2 aromatic heterocycles. The van der Waals surface area contributed by atoms with Crippen molar-refractivity contribution in [1.29, 1.82) is 5.26 Å². The highest BCUT2D eigenvalue weighted by molar-refractivity contribution is 7.44. The van der Waals surface area contributed by atoms with Crippen LogP contribution in [0.3, 0.4) is 0 Å². The Balaban J connectivity index is 1.40. The number of amides is 1. The number of nitriles is 1. The highest BCUT2D eigenvalue weighted by atomic mass is 31.2. The van der Waals surface area contributed by atoms with E-state index in [1.54, 1.807) is 44.8 Å². The number of anilines is 1. The van der Waals surface area contributed by atoms with Crippen LogP contribution in [0.2, 0.25) is 18.1 Å². The zero-order valence-electron chi connectivity index (χ0n) is 42.0. The first kappa shape index (κ1) is 52.2. The van der Waals surface area contributed by atoms with Crippen LogP contribution in [0.4, 0.5) is 5.82 Å². The number of hydrogen-bond donors (Lipinski definition) is 1. The normalized spacial score (nSPS) is 18.1. The van der Waals surface area contributed by atoms with Gasteiger partial charge in [-0.1, -0.05) is 93.6 Å². The summed E-state index contributed by atoms with van der Waals surface area (Å²) < 4.78 is 51.7. The van der Waals surface area contributed by atoms with Crippen molar-refractivity contribution in [3.05, 3.63) is 144 Å². The molecule has 1 amide bonds. The van der Waals surface area contributed by atoms with Crippen LogP contribution in [0.5, 0.6) is 11.5 Å². The predicted molar refractivity (Wildman–Crippen MR) is 274 cm³/mol. The van der Waals surface area contributed by atoms with E-state index in [-0.39, 0.29) is 48.5 Å². The van der Waals surface area contributed by atoms with E-state index in [9.17, 15) is 10.1 Å². The molecule has 0 bridgehead atoms. The molecular weight excluding hydrogens is 922 g/mol. The van der Waals surface area contributed by atoms with E-state index in [0.717, 1.165) is 16.7 Å². The van der Waals surface area contributed by atoms with Crippen LogP contribution in [0.1, 0.15) is 88.2 Å².